The fraction of sp³-hybridized carbons (Fsp3) is 0.630. The lowest BCUT2D eigenvalue weighted by Crippen LogP contribution is -2.45. The van der Waals surface area contributed by atoms with E-state index in [1.54, 1.807) is 0 Å². The van der Waals surface area contributed by atoms with E-state index in [1.165, 1.54) is 12.1 Å². The van der Waals surface area contributed by atoms with Gasteiger partial charge in [-0.2, -0.15) is 0 Å². The van der Waals surface area contributed by atoms with Gasteiger partial charge in [-0.05, 0) is 69.2 Å². The quantitative estimate of drug-likeness (QED) is 0.678. The van der Waals surface area contributed by atoms with Gasteiger partial charge in [0.2, 0.25) is 5.91 Å². The van der Waals surface area contributed by atoms with E-state index in [2.05, 4.69) is 61.6 Å². The second-order valence-corrected chi connectivity index (χ2v) is 10.2. The van der Waals surface area contributed by atoms with Crippen LogP contribution in [0.2, 0.25) is 0 Å². The van der Waals surface area contributed by atoms with Crippen molar-refractivity contribution in [3.05, 3.63) is 47.9 Å². The highest BCUT2D eigenvalue weighted by Crippen LogP contribution is 2.28. The molecule has 0 unspecified atom stereocenters. The van der Waals surface area contributed by atoms with Gasteiger partial charge in [0.05, 0.1) is 12.2 Å². The zero-order valence-electron chi connectivity index (χ0n) is 20.3. The molecule has 3 saturated heterocycles. The third-order valence-corrected chi connectivity index (χ3v) is 7.86. The summed E-state index contributed by atoms with van der Waals surface area (Å²) in [7, 11) is 0. The molecule has 0 aliphatic carbocycles. The Hall–Kier alpha value is -2.38. The van der Waals surface area contributed by atoms with Crippen molar-refractivity contribution >= 4 is 11.6 Å². The number of likely N-dealkylation sites (tertiary alicyclic amines) is 1. The Kier molecular flexibility index (Phi) is 7.81. The zero-order valence-corrected chi connectivity index (χ0v) is 20.3. The molecule has 4 heterocycles. The van der Waals surface area contributed by atoms with Crippen molar-refractivity contribution in [2.75, 3.05) is 57.3 Å². The minimum absolute atomic E-state index is 0.354. The summed E-state index contributed by atoms with van der Waals surface area (Å²) in [6.07, 6.45) is 6.21. The van der Waals surface area contributed by atoms with Gasteiger partial charge in [0.15, 0.2) is 5.76 Å². The highest BCUT2D eigenvalue weighted by Gasteiger charge is 2.30. The normalized spacial score (nSPS) is 24.4. The maximum absolute atomic E-state index is 12.9. The molecule has 7 heteroatoms. The van der Waals surface area contributed by atoms with E-state index in [-0.39, 0.29) is 0 Å². The summed E-state index contributed by atoms with van der Waals surface area (Å²) >= 11 is 0. The lowest BCUT2D eigenvalue weighted by molar-refractivity contribution is -0.133. The minimum Gasteiger partial charge on any atom is -0.369 e. The molecule has 3 aliphatic rings. The van der Waals surface area contributed by atoms with E-state index in [0.717, 1.165) is 96.0 Å². The van der Waals surface area contributed by atoms with Crippen LogP contribution in [0.3, 0.4) is 0 Å². The molecule has 184 valence electrons. The fourth-order valence-electron chi connectivity index (χ4n) is 5.80. The number of benzene rings is 1. The summed E-state index contributed by atoms with van der Waals surface area (Å²) in [5.41, 5.74) is 2.33. The highest BCUT2D eigenvalue weighted by atomic mass is 16.5. The van der Waals surface area contributed by atoms with Gasteiger partial charge < -0.3 is 19.6 Å². The molecule has 0 saturated carbocycles. The molecule has 0 radical (unpaired) electrons. The lowest BCUT2D eigenvalue weighted by Gasteiger charge is -2.35. The Bertz CT molecular complexity index is 903. The average molecular weight is 466 g/mol. The molecule has 1 N–H and O–H groups in total. The van der Waals surface area contributed by atoms with Crippen LogP contribution in [0.15, 0.2) is 40.9 Å². The maximum Gasteiger partial charge on any atom is 0.222 e. The number of piperazine rings is 1. The molecule has 34 heavy (non-hydrogen) atoms. The van der Waals surface area contributed by atoms with Gasteiger partial charge in [-0.25, -0.2) is 0 Å². The number of para-hydroxylation sites is 1. The van der Waals surface area contributed by atoms with Crippen LogP contribution in [0.5, 0.6) is 0 Å². The van der Waals surface area contributed by atoms with E-state index in [1.807, 2.05) is 0 Å². The summed E-state index contributed by atoms with van der Waals surface area (Å²) in [6, 6.07) is 12.8. The van der Waals surface area contributed by atoms with Gasteiger partial charge in [-0.15, -0.1) is 0 Å². The summed E-state index contributed by atoms with van der Waals surface area (Å²) in [6.45, 7) is 8.79. The number of carbonyl (C=O) groups excluding carboxylic acids is 1. The van der Waals surface area contributed by atoms with E-state index < -0.39 is 0 Å². The van der Waals surface area contributed by atoms with Gasteiger partial charge >= 0.3 is 0 Å². The van der Waals surface area contributed by atoms with Crippen LogP contribution in [0, 0.1) is 11.8 Å². The van der Waals surface area contributed by atoms with Crippen molar-refractivity contribution in [3.63, 3.8) is 0 Å². The maximum atomic E-state index is 12.9. The van der Waals surface area contributed by atoms with Crippen molar-refractivity contribution in [1.29, 1.82) is 0 Å². The summed E-state index contributed by atoms with van der Waals surface area (Å²) in [4.78, 5) is 19.9. The first-order valence-corrected chi connectivity index (χ1v) is 13.2. The van der Waals surface area contributed by atoms with Gasteiger partial charge in [0.25, 0.3) is 0 Å². The molecule has 1 aromatic carbocycles. The standard InChI is InChI=1S/C27H39N5O2/c33-27(32-11-5-2-6-12-32)18-22-9-10-28-20-23(22)17-24-19-26(34-29-24)21-30-13-15-31(16-14-30)25-7-3-1-4-8-25/h1,3-4,7-8,19,22-23,28H,2,5-6,9-18,20-21H2/t22-,23+/m0/s1. The Morgan fingerprint density at radius 2 is 1.79 bits per heavy atom. The number of piperidine rings is 2. The van der Waals surface area contributed by atoms with Crippen molar-refractivity contribution in [2.24, 2.45) is 11.8 Å². The third kappa shape index (κ3) is 5.99. The zero-order chi connectivity index (χ0) is 23.2. The first-order chi connectivity index (χ1) is 16.7. The molecule has 0 spiro atoms. The molecule has 5 rings (SSSR count). The monoisotopic (exact) mass is 465 g/mol. The van der Waals surface area contributed by atoms with Crippen LogP contribution in [-0.4, -0.2) is 73.2 Å². The van der Waals surface area contributed by atoms with Crippen molar-refractivity contribution in [1.82, 2.24) is 20.3 Å². The lowest BCUT2D eigenvalue weighted by atomic mass is 9.81. The van der Waals surface area contributed by atoms with Crippen LogP contribution >= 0.6 is 0 Å². The molecule has 0 bridgehead atoms. The predicted octanol–water partition coefficient (Wildman–Crippen LogP) is 3.17. The molecular formula is C27H39N5O2. The van der Waals surface area contributed by atoms with Crippen molar-refractivity contribution < 1.29 is 9.32 Å². The van der Waals surface area contributed by atoms with E-state index in [4.69, 9.17) is 4.52 Å². The van der Waals surface area contributed by atoms with Gasteiger partial charge in [-0.1, -0.05) is 23.4 Å². The number of rotatable bonds is 7. The van der Waals surface area contributed by atoms with Gasteiger partial charge in [0, 0.05) is 57.4 Å². The number of aromatic nitrogens is 1. The topological polar surface area (TPSA) is 64.9 Å². The van der Waals surface area contributed by atoms with Crippen LogP contribution in [0.25, 0.3) is 0 Å². The first kappa shape index (κ1) is 23.4. The Morgan fingerprint density at radius 1 is 1.00 bits per heavy atom. The molecule has 2 atom stereocenters. The molecular weight excluding hydrogens is 426 g/mol. The van der Waals surface area contributed by atoms with Crippen LogP contribution in [0.4, 0.5) is 5.69 Å². The Labute approximate surface area is 203 Å². The van der Waals surface area contributed by atoms with E-state index >= 15 is 0 Å². The number of hydrogen-bond acceptors (Lipinski definition) is 6. The number of nitrogens with zero attached hydrogens (tertiary/aromatic N) is 4. The highest BCUT2D eigenvalue weighted by molar-refractivity contribution is 5.76. The molecule has 3 fully saturated rings. The fourth-order valence-corrected chi connectivity index (χ4v) is 5.80. The second-order valence-electron chi connectivity index (χ2n) is 10.2. The largest absolute Gasteiger partial charge is 0.369 e. The van der Waals surface area contributed by atoms with Crippen LogP contribution in [0.1, 0.15) is 43.6 Å². The van der Waals surface area contributed by atoms with Crippen molar-refractivity contribution in [2.45, 2.75) is 45.1 Å². The van der Waals surface area contributed by atoms with Crippen LogP contribution < -0.4 is 10.2 Å². The SMILES string of the molecule is O=C(C[C@@H]1CCNC[C@H]1Cc1cc(CN2CCN(c3ccccc3)CC2)on1)N1CCCCC1. The van der Waals surface area contributed by atoms with Gasteiger partial charge in [-0.3, -0.25) is 9.69 Å². The first-order valence-electron chi connectivity index (χ1n) is 13.2. The Balaban J connectivity index is 1.11. The number of nitrogens with one attached hydrogen (secondary N) is 1. The van der Waals surface area contributed by atoms with Crippen LogP contribution in [-0.2, 0) is 17.8 Å². The predicted molar refractivity (Wildman–Crippen MR) is 134 cm³/mol. The average Bonchev–Trinajstić information content (AvgIpc) is 3.33. The molecule has 3 aliphatic heterocycles. The number of hydrogen-bond donors (Lipinski definition) is 1. The molecule has 1 aromatic heterocycles. The third-order valence-electron chi connectivity index (χ3n) is 7.86. The number of anilines is 1. The Morgan fingerprint density at radius 3 is 2.59 bits per heavy atom. The number of amides is 1. The van der Waals surface area contributed by atoms with E-state index in [0.29, 0.717) is 24.2 Å². The summed E-state index contributed by atoms with van der Waals surface area (Å²) < 4.78 is 5.73. The summed E-state index contributed by atoms with van der Waals surface area (Å²) in [5.74, 6) is 2.18. The van der Waals surface area contributed by atoms with Gasteiger partial charge in [0.1, 0.15) is 0 Å². The summed E-state index contributed by atoms with van der Waals surface area (Å²) in [5, 5.41) is 7.94. The van der Waals surface area contributed by atoms with Crippen molar-refractivity contribution in [3.8, 4) is 0 Å². The van der Waals surface area contributed by atoms with E-state index in [9.17, 15) is 4.79 Å². The molecule has 2 aromatic rings. The molecule has 7 nitrogen and oxygen atoms in total. The number of carbonyl (C=O) groups is 1. The minimum atomic E-state index is 0.354. The smallest absolute Gasteiger partial charge is 0.222 e. The second kappa shape index (κ2) is 11.4. The molecule has 1 amide bonds.